The smallest absolute Gasteiger partial charge is 0.213 e. The lowest BCUT2D eigenvalue weighted by Gasteiger charge is -2.10. The fraction of sp³-hybridized carbons (Fsp3) is 0.588. The Morgan fingerprint density at radius 3 is 2.80 bits per heavy atom. The molecule has 1 amide bonds. The van der Waals surface area contributed by atoms with Gasteiger partial charge in [0.1, 0.15) is 0 Å². The molecule has 1 aliphatic carbocycles. The highest BCUT2D eigenvalue weighted by atomic mass is 16.1. The molecule has 3 heteroatoms. The summed E-state index contributed by atoms with van der Waals surface area (Å²) >= 11 is 0. The first-order chi connectivity index (χ1) is 9.60. The lowest BCUT2D eigenvalue weighted by molar-refractivity contribution is -0.107. The number of hydrogen-bond acceptors (Lipinski definition) is 2. The number of aryl methyl sites for hydroxylation is 1. The molecule has 110 valence electrons. The highest BCUT2D eigenvalue weighted by Gasteiger charge is 2.34. The van der Waals surface area contributed by atoms with E-state index in [1.165, 1.54) is 25.7 Å². The molecule has 1 heterocycles. The summed E-state index contributed by atoms with van der Waals surface area (Å²) in [7, 11) is 1.74. The van der Waals surface area contributed by atoms with Crippen molar-refractivity contribution in [3.8, 4) is 0 Å². The molecule has 2 aliphatic rings. The van der Waals surface area contributed by atoms with Crippen molar-refractivity contribution >= 4 is 12.1 Å². The van der Waals surface area contributed by atoms with E-state index in [0.717, 1.165) is 35.7 Å². The molecule has 0 spiro atoms. The zero-order valence-electron chi connectivity index (χ0n) is 12.8. The highest BCUT2D eigenvalue weighted by Crippen LogP contribution is 2.34. The van der Waals surface area contributed by atoms with Crippen LogP contribution < -0.4 is 10.2 Å². The lowest BCUT2D eigenvalue weighted by atomic mass is 10.0. The number of fused-ring (bicyclic) bond motifs is 1. The largest absolute Gasteiger partial charge is 0.318 e. The molecule has 0 bridgehead atoms. The van der Waals surface area contributed by atoms with Gasteiger partial charge in [0.15, 0.2) is 0 Å². The maximum Gasteiger partial charge on any atom is 0.213 e. The molecule has 20 heavy (non-hydrogen) atoms. The molecule has 3 atom stereocenters. The van der Waals surface area contributed by atoms with Crippen LogP contribution in [0.1, 0.15) is 38.2 Å². The number of carbonyl (C=O) groups excluding carboxylic acids is 1. The monoisotopic (exact) mass is 274 g/mol. The standard InChI is InChI=1S/C9H11NO.C8H15N/c1-8-4-3-5-9(6-8)10(2)7-11;1-6-5-7-3-2-4-8(7)9-6/h3-7H,1-2H3;6-9H,2-5H2,1H3. The number of nitrogens with one attached hydrogen (secondary N) is 1. The molecule has 3 nitrogen and oxygen atoms in total. The van der Waals surface area contributed by atoms with Gasteiger partial charge in [-0.05, 0) is 56.7 Å². The molecule has 3 rings (SSSR count). The summed E-state index contributed by atoms with van der Waals surface area (Å²) in [6, 6.07) is 9.52. The first kappa shape index (κ1) is 15.0. The Balaban J connectivity index is 0.000000149. The Hall–Kier alpha value is -1.35. The number of nitrogens with zero attached hydrogens (tertiary/aromatic N) is 1. The van der Waals surface area contributed by atoms with Crippen LogP contribution in [0.3, 0.4) is 0 Å². The molecule has 1 aromatic rings. The minimum absolute atomic E-state index is 0.800. The van der Waals surface area contributed by atoms with E-state index in [4.69, 9.17) is 0 Å². The summed E-state index contributed by atoms with van der Waals surface area (Å²) in [5.74, 6) is 1.04. The van der Waals surface area contributed by atoms with Crippen LogP contribution in [-0.2, 0) is 4.79 Å². The van der Waals surface area contributed by atoms with Crippen LogP contribution >= 0.6 is 0 Å². The van der Waals surface area contributed by atoms with Gasteiger partial charge in [0.05, 0.1) is 0 Å². The minimum atomic E-state index is 0.800. The fourth-order valence-corrected chi connectivity index (χ4v) is 3.33. The highest BCUT2D eigenvalue weighted by molar-refractivity contribution is 5.74. The molecule has 1 saturated carbocycles. The van der Waals surface area contributed by atoms with Crippen molar-refractivity contribution in [3.63, 3.8) is 0 Å². The third-order valence-electron chi connectivity index (χ3n) is 4.38. The Kier molecular flexibility index (Phi) is 5.18. The predicted octanol–water partition coefficient (Wildman–Crippen LogP) is 3.12. The summed E-state index contributed by atoms with van der Waals surface area (Å²) in [4.78, 5) is 11.9. The number of carbonyl (C=O) groups is 1. The van der Waals surface area contributed by atoms with Crippen molar-refractivity contribution in [2.75, 3.05) is 11.9 Å². The van der Waals surface area contributed by atoms with Crippen molar-refractivity contribution in [1.82, 2.24) is 5.32 Å². The maximum absolute atomic E-state index is 10.3. The van der Waals surface area contributed by atoms with Gasteiger partial charge in [-0.2, -0.15) is 0 Å². The van der Waals surface area contributed by atoms with E-state index < -0.39 is 0 Å². The zero-order valence-corrected chi connectivity index (χ0v) is 12.8. The van der Waals surface area contributed by atoms with E-state index in [1.807, 2.05) is 31.2 Å². The Bertz CT molecular complexity index is 434. The Morgan fingerprint density at radius 1 is 1.35 bits per heavy atom. The summed E-state index contributed by atoms with van der Waals surface area (Å²) in [5, 5.41) is 3.62. The van der Waals surface area contributed by atoms with Gasteiger partial charge in [0.25, 0.3) is 0 Å². The number of rotatable bonds is 2. The molecule has 1 aliphatic heterocycles. The van der Waals surface area contributed by atoms with Gasteiger partial charge in [-0.3, -0.25) is 4.79 Å². The molecule has 1 aromatic carbocycles. The van der Waals surface area contributed by atoms with E-state index in [9.17, 15) is 4.79 Å². The first-order valence-corrected chi connectivity index (χ1v) is 7.61. The van der Waals surface area contributed by atoms with Gasteiger partial charge in [0.2, 0.25) is 6.41 Å². The minimum Gasteiger partial charge on any atom is -0.318 e. The van der Waals surface area contributed by atoms with Gasteiger partial charge in [0, 0.05) is 24.8 Å². The third kappa shape index (κ3) is 3.83. The van der Waals surface area contributed by atoms with Crippen LogP contribution in [0.25, 0.3) is 0 Å². The van der Waals surface area contributed by atoms with Crippen LogP contribution in [0.15, 0.2) is 24.3 Å². The van der Waals surface area contributed by atoms with Gasteiger partial charge in [-0.1, -0.05) is 18.6 Å². The summed E-state index contributed by atoms with van der Waals surface area (Å²) < 4.78 is 0. The van der Waals surface area contributed by atoms with Crippen LogP contribution in [0.5, 0.6) is 0 Å². The zero-order chi connectivity index (χ0) is 14.5. The molecule has 1 saturated heterocycles. The second-order valence-electron chi connectivity index (χ2n) is 6.16. The van der Waals surface area contributed by atoms with Crippen molar-refractivity contribution < 1.29 is 4.79 Å². The molecule has 2 fully saturated rings. The van der Waals surface area contributed by atoms with Gasteiger partial charge in [-0.15, -0.1) is 0 Å². The van der Waals surface area contributed by atoms with Gasteiger partial charge in [-0.25, -0.2) is 0 Å². The lowest BCUT2D eigenvalue weighted by Crippen LogP contribution is -2.26. The first-order valence-electron chi connectivity index (χ1n) is 7.61. The predicted molar refractivity (Wildman–Crippen MR) is 84.0 cm³/mol. The Labute approximate surface area is 122 Å². The van der Waals surface area contributed by atoms with E-state index in [0.29, 0.717) is 0 Å². The summed E-state index contributed by atoms with van der Waals surface area (Å²) in [6.45, 7) is 4.31. The number of anilines is 1. The topological polar surface area (TPSA) is 32.3 Å². The van der Waals surface area contributed by atoms with Crippen molar-refractivity contribution in [2.24, 2.45) is 5.92 Å². The van der Waals surface area contributed by atoms with Crippen molar-refractivity contribution in [1.29, 1.82) is 0 Å². The van der Waals surface area contributed by atoms with Crippen LogP contribution in [0, 0.1) is 12.8 Å². The van der Waals surface area contributed by atoms with Crippen molar-refractivity contribution in [3.05, 3.63) is 29.8 Å². The molecular weight excluding hydrogens is 248 g/mol. The second-order valence-corrected chi connectivity index (χ2v) is 6.16. The maximum atomic E-state index is 10.3. The average Bonchev–Trinajstić information content (AvgIpc) is 2.98. The Morgan fingerprint density at radius 2 is 2.15 bits per heavy atom. The quantitative estimate of drug-likeness (QED) is 0.840. The van der Waals surface area contributed by atoms with E-state index in [2.05, 4.69) is 12.2 Å². The molecule has 3 unspecified atom stereocenters. The third-order valence-corrected chi connectivity index (χ3v) is 4.38. The van der Waals surface area contributed by atoms with E-state index in [1.54, 1.807) is 11.9 Å². The van der Waals surface area contributed by atoms with E-state index >= 15 is 0 Å². The summed E-state index contributed by atoms with van der Waals surface area (Å²) in [6.07, 6.45) is 6.63. The molecular formula is C17H26N2O. The van der Waals surface area contributed by atoms with Gasteiger partial charge < -0.3 is 10.2 Å². The van der Waals surface area contributed by atoms with Gasteiger partial charge >= 0.3 is 0 Å². The average molecular weight is 274 g/mol. The SMILES string of the molecule is CC1CC2CCCC2N1.Cc1cccc(N(C)C=O)c1. The van der Waals surface area contributed by atoms with Crippen LogP contribution in [-0.4, -0.2) is 25.5 Å². The van der Waals surface area contributed by atoms with E-state index in [-0.39, 0.29) is 0 Å². The van der Waals surface area contributed by atoms with Crippen molar-refractivity contribution in [2.45, 2.75) is 51.6 Å². The molecule has 0 aromatic heterocycles. The second kappa shape index (κ2) is 6.89. The molecule has 0 radical (unpaired) electrons. The normalized spacial score (nSPS) is 27.4. The fourth-order valence-electron chi connectivity index (χ4n) is 3.33. The molecule has 1 N–H and O–H groups in total. The summed E-state index contributed by atoms with van der Waals surface area (Å²) in [5.41, 5.74) is 2.09. The van der Waals surface area contributed by atoms with Crippen LogP contribution in [0.4, 0.5) is 5.69 Å². The number of hydrogen-bond donors (Lipinski definition) is 1. The number of benzene rings is 1. The number of amides is 1. The van der Waals surface area contributed by atoms with Crippen LogP contribution in [0.2, 0.25) is 0 Å².